The van der Waals surface area contributed by atoms with Crippen LogP contribution >= 0.6 is 12.2 Å². The van der Waals surface area contributed by atoms with Gasteiger partial charge in [-0.2, -0.15) is 4.99 Å². The molecule has 0 saturated carbocycles. The molecule has 1 aromatic carbocycles. The summed E-state index contributed by atoms with van der Waals surface area (Å²) in [6, 6.07) is 5.30. The molecule has 1 unspecified atom stereocenters. The minimum absolute atomic E-state index is 0. The number of hydrogen-bond acceptors (Lipinski definition) is 9. The molecule has 0 aliphatic heterocycles. The van der Waals surface area contributed by atoms with Crippen LogP contribution in [0.3, 0.4) is 0 Å². The molecule has 1 amide bonds. The summed E-state index contributed by atoms with van der Waals surface area (Å²) in [5.74, 6) is -0.542. The first-order chi connectivity index (χ1) is 13.4. The van der Waals surface area contributed by atoms with Gasteiger partial charge in [-0.1, -0.05) is 36.4 Å². The van der Waals surface area contributed by atoms with Crippen LogP contribution in [0, 0.1) is 0 Å². The number of rotatable bonds is 6. The van der Waals surface area contributed by atoms with Crippen LogP contribution in [0.1, 0.15) is 18.9 Å². The fourth-order valence-corrected chi connectivity index (χ4v) is 4.36. The van der Waals surface area contributed by atoms with Gasteiger partial charge in [-0.3, -0.25) is 4.79 Å². The molecule has 31 heavy (non-hydrogen) atoms. The van der Waals surface area contributed by atoms with Gasteiger partial charge in [-0.15, -0.1) is 0 Å². The number of nitrogens with zero attached hydrogens (tertiary/aromatic N) is 1. The first kappa shape index (κ1) is 30.5. The Balaban J connectivity index is 0.00000450. The van der Waals surface area contributed by atoms with Gasteiger partial charge in [0.25, 0.3) is 0 Å². The molecule has 9 nitrogen and oxygen atoms in total. The largest absolute Gasteiger partial charge is 1.00 e. The molecular weight excluding hydrogens is 486 g/mol. The average Bonchev–Trinajstić information content (AvgIpc) is 2.59. The third-order valence-corrected chi connectivity index (χ3v) is 5.85. The van der Waals surface area contributed by atoms with Crippen molar-refractivity contribution in [3.05, 3.63) is 58.5 Å². The van der Waals surface area contributed by atoms with E-state index in [1.165, 1.54) is 49.4 Å². The van der Waals surface area contributed by atoms with E-state index in [1.807, 2.05) is 0 Å². The van der Waals surface area contributed by atoms with Crippen LogP contribution in [0.15, 0.2) is 62.9 Å². The second-order valence-corrected chi connectivity index (χ2v) is 8.91. The topological polar surface area (TPSA) is 156 Å². The van der Waals surface area contributed by atoms with E-state index in [-0.39, 0.29) is 70.3 Å². The Labute approximate surface area is 229 Å². The second kappa shape index (κ2) is 12.1. The van der Waals surface area contributed by atoms with Crippen LogP contribution in [0.2, 0.25) is 0 Å². The number of thiocarbonyl (C=S) groups is 1. The SMILES string of the molecule is CC(=O)NC1(N=C=S)C=CC(C=Cc2ccccc2S(=O)(=O)[O-])=C(S(=O)(=O)[O-])C1.[Na+].[Na+]. The normalized spacial score (nSPS) is 18.5. The summed E-state index contributed by atoms with van der Waals surface area (Å²) in [7, 11) is -9.73. The summed E-state index contributed by atoms with van der Waals surface area (Å²) >= 11 is 4.54. The zero-order chi connectivity index (χ0) is 21.9. The monoisotopic (exact) mass is 500 g/mol. The van der Waals surface area contributed by atoms with Crippen molar-refractivity contribution >= 4 is 49.6 Å². The Kier molecular flexibility index (Phi) is 11.9. The van der Waals surface area contributed by atoms with E-state index < -0.39 is 48.0 Å². The van der Waals surface area contributed by atoms with Gasteiger partial charge in [0.1, 0.15) is 20.2 Å². The van der Waals surface area contributed by atoms with Crippen molar-refractivity contribution in [2.24, 2.45) is 4.99 Å². The molecule has 1 aliphatic carbocycles. The second-order valence-electron chi connectivity index (χ2n) is 5.98. The zero-order valence-electron chi connectivity index (χ0n) is 16.9. The average molecular weight is 500 g/mol. The Morgan fingerprint density at radius 2 is 1.77 bits per heavy atom. The molecule has 2 rings (SSSR count). The fraction of sp³-hybridized carbons (Fsp3) is 0.176. The van der Waals surface area contributed by atoms with Crippen LogP contribution < -0.4 is 64.4 Å². The number of amides is 1. The van der Waals surface area contributed by atoms with Gasteiger partial charge in [0.15, 0.2) is 5.66 Å². The smallest absolute Gasteiger partial charge is 0.744 e. The minimum atomic E-state index is -4.97. The summed E-state index contributed by atoms with van der Waals surface area (Å²) in [6.07, 6.45) is 4.43. The Morgan fingerprint density at radius 1 is 1.16 bits per heavy atom. The van der Waals surface area contributed by atoms with Gasteiger partial charge in [-0.25, -0.2) is 16.8 Å². The molecule has 0 fully saturated rings. The van der Waals surface area contributed by atoms with Crippen molar-refractivity contribution in [3.63, 3.8) is 0 Å². The first-order valence-corrected chi connectivity index (χ1v) is 11.1. The van der Waals surface area contributed by atoms with Gasteiger partial charge in [-0.05, 0) is 35.5 Å². The van der Waals surface area contributed by atoms with Crippen molar-refractivity contribution in [1.29, 1.82) is 0 Å². The van der Waals surface area contributed by atoms with Crippen LogP contribution in [0.4, 0.5) is 0 Å². The zero-order valence-corrected chi connectivity index (χ0v) is 23.3. The van der Waals surface area contributed by atoms with Crippen LogP contribution in [-0.4, -0.2) is 42.7 Å². The van der Waals surface area contributed by atoms with Gasteiger partial charge in [0.05, 0.1) is 10.1 Å². The number of nitrogens with one attached hydrogen (secondary N) is 1. The number of carbonyl (C=O) groups is 1. The Hall–Kier alpha value is -0.470. The molecule has 0 heterocycles. The Morgan fingerprint density at radius 3 is 2.29 bits per heavy atom. The number of allylic oxidation sites excluding steroid dienone is 3. The molecule has 154 valence electrons. The predicted molar refractivity (Wildman–Crippen MR) is 105 cm³/mol. The molecular formula is C17H14N2Na2O7S3. The van der Waals surface area contributed by atoms with E-state index in [4.69, 9.17) is 0 Å². The van der Waals surface area contributed by atoms with Gasteiger partial charge < -0.3 is 14.4 Å². The molecule has 1 atom stereocenters. The Bertz CT molecular complexity index is 1200. The molecule has 1 N–H and O–H groups in total. The van der Waals surface area contributed by atoms with E-state index in [0.29, 0.717) is 0 Å². The number of carbonyl (C=O) groups excluding carboxylic acids is 1. The molecule has 0 saturated heterocycles. The van der Waals surface area contributed by atoms with Crippen LogP contribution in [0.25, 0.3) is 6.08 Å². The van der Waals surface area contributed by atoms with Crippen molar-refractivity contribution in [1.82, 2.24) is 5.32 Å². The molecule has 0 radical (unpaired) electrons. The van der Waals surface area contributed by atoms with Crippen LogP contribution in [-0.2, 0) is 25.0 Å². The molecule has 1 aromatic rings. The van der Waals surface area contributed by atoms with Gasteiger partial charge in [0, 0.05) is 18.2 Å². The molecule has 14 heteroatoms. The fourth-order valence-electron chi connectivity index (χ4n) is 2.71. The molecule has 0 spiro atoms. The molecule has 0 aromatic heterocycles. The summed E-state index contributed by atoms with van der Waals surface area (Å²) in [5.41, 5.74) is -1.63. The van der Waals surface area contributed by atoms with Crippen LogP contribution in [0.5, 0.6) is 0 Å². The van der Waals surface area contributed by atoms with E-state index >= 15 is 0 Å². The number of aliphatic imine (C=N–C) groups is 1. The van der Waals surface area contributed by atoms with Gasteiger partial charge >= 0.3 is 59.1 Å². The molecule has 1 aliphatic rings. The molecule has 0 bridgehead atoms. The maximum absolute atomic E-state index is 11.8. The standard InChI is InChI=1S/C17H16N2O7S3.2Na/c1-12(20)19-17(18-11-27)9-8-14(16(10-17)29(24,25)26)7-6-13-4-2-3-5-15(13)28(21,22)23;;/h2-9H,10H2,1H3,(H,19,20)(H,21,22,23)(H,24,25,26);;/q;2*+1/p-2. The van der Waals surface area contributed by atoms with E-state index in [1.54, 1.807) is 0 Å². The van der Waals surface area contributed by atoms with Crippen molar-refractivity contribution < 1.29 is 89.9 Å². The van der Waals surface area contributed by atoms with Crippen molar-refractivity contribution in [2.75, 3.05) is 0 Å². The number of hydrogen-bond donors (Lipinski definition) is 1. The minimum Gasteiger partial charge on any atom is -0.744 e. The van der Waals surface area contributed by atoms with E-state index in [0.717, 1.165) is 6.07 Å². The number of isothiocyanates is 1. The number of benzene rings is 1. The van der Waals surface area contributed by atoms with Crippen molar-refractivity contribution in [2.45, 2.75) is 23.9 Å². The maximum Gasteiger partial charge on any atom is 1.00 e. The quantitative estimate of drug-likeness (QED) is 0.177. The summed E-state index contributed by atoms with van der Waals surface area (Å²) < 4.78 is 69.4. The predicted octanol–water partition coefficient (Wildman–Crippen LogP) is -4.69. The van der Waals surface area contributed by atoms with E-state index in [9.17, 15) is 30.7 Å². The maximum atomic E-state index is 11.8. The van der Waals surface area contributed by atoms with E-state index in [2.05, 4.69) is 27.7 Å². The third kappa shape index (κ3) is 8.43. The third-order valence-electron chi connectivity index (χ3n) is 3.86. The van der Waals surface area contributed by atoms with Gasteiger partial charge in [0.2, 0.25) is 5.91 Å². The summed E-state index contributed by atoms with van der Waals surface area (Å²) in [6.45, 7) is 1.18. The van der Waals surface area contributed by atoms with Crippen molar-refractivity contribution in [3.8, 4) is 0 Å². The summed E-state index contributed by atoms with van der Waals surface area (Å²) in [5, 5.41) is 4.47. The first-order valence-electron chi connectivity index (χ1n) is 7.87. The summed E-state index contributed by atoms with van der Waals surface area (Å²) in [4.78, 5) is 14.1.